The van der Waals surface area contributed by atoms with Gasteiger partial charge in [0.2, 0.25) is 5.91 Å². The molecule has 2 heterocycles. The topological polar surface area (TPSA) is 56.4 Å². The van der Waals surface area contributed by atoms with Crippen LogP contribution >= 0.6 is 0 Å². The van der Waals surface area contributed by atoms with Crippen LogP contribution in [0.2, 0.25) is 0 Å². The summed E-state index contributed by atoms with van der Waals surface area (Å²) in [6, 6.07) is 12.6. The molecule has 0 bridgehead atoms. The number of rotatable bonds is 7. The number of nitrogens with one attached hydrogen (secondary N) is 3. The molecule has 2 aromatic rings. The molecule has 2 aliphatic heterocycles. The molecule has 2 fully saturated rings. The summed E-state index contributed by atoms with van der Waals surface area (Å²) in [5, 5.41) is 10.4. The Morgan fingerprint density at radius 3 is 2.68 bits per heavy atom. The zero-order valence-corrected chi connectivity index (χ0v) is 20.8. The number of nitrogens with zero attached hydrogens (tertiary/aromatic N) is 1. The fourth-order valence-electron chi connectivity index (χ4n) is 5.17. The zero-order chi connectivity index (χ0) is 24.1. The average Bonchev–Trinajstić information content (AvgIpc) is 2.85. The molecule has 34 heavy (non-hydrogen) atoms. The molecule has 5 nitrogen and oxygen atoms in total. The standard InChI is InChI=1S/C28H39FN4O/c1-19-9-10-27(29)26(21(19)3)16-20(2)28(34)32-23-6-4-8-25(17-23)33-14-11-22(12-15-33)31-24-7-5-13-30-18-24/h4,6,8-10,17,20,22,24,30-31H,5,7,11-16,18H2,1-3H3,(H,32,34). The van der Waals surface area contributed by atoms with Crippen molar-refractivity contribution in [2.45, 2.75) is 65.0 Å². The molecule has 2 atom stereocenters. The third kappa shape index (κ3) is 6.16. The van der Waals surface area contributed by atoms with E-state index >= 15 is 0 Å². The van der Waals surface area contributed by atoms with Gasteiger partial charge in [-0.2, -0.15) is 0 Å². The molecule has 2 aromatic carbocycles. The van der Waals surface area contributed by atoms with Crippen molar-refractivity contribution < 1.29 is 9.18 Å². The molecule has 3 N–H and O–H groups in total. The Morgan fingerprint density at radius 1 is 1.15 bits per heavy atom. The summed E-state index contributed by atoms with van der Waals surface area (Å²) in [5.74, 6) is -0.640. The van der Waals surface area contributed by atoms with Crippen molar-refractivity contribution in [2.24, 2.45) is 5.92 Å². The Hall–Kier alpha value is -2.44. The average molecular weight is 467 g/mol. The lowest BCUT2D eigenvalue weighted by Gasteiger charge is -2.37. The van der Waals surface area contributed by atoms with Crippen LogP contribution in [0.15, 0.2) is 36.4 Å². The van der Waals surface area contributed by atoms with Crippen LogP contribution in [0.25, 0.3) is 0 Å². The van der Waals surface area contributed by atoms with Gasteiger partial charge in [-0.1, -0.05) is 19.1 Å². The highest BCUT2D eigenvalue weighted by Crippen LogP contribution is 2.25. The van der Waals surface area contributed by atoms with Gasteiger partial charge in [-0.25, -0.2) is 4.39 Å². The molecule has 6 heteroatoms. The van der Waals surface area contributed by atoms with Gasteiger partial charge >= 0.3 is 0 Å². The Labute approximate surface area is 203 Å². The van der Waals surface area contributed by atoms with Gasteiger partial charge in [0.05, 0.1) is 0 Å². The van der Waals surface area contributed by atoms with Crippen LogP contribution in [0.3, 0.4) is 0 Å². The summed E-state index contributed by atoms with van der Waals surface area (Å²) in [5.41, 5.74) is 4.55. The van der Waals surface area contributed by atoms with E-state index in [1.165, 1.54) is 18.9 Å². The van der Waals surface area contributed by atoms with Crippen molar-refractivity contribution in [3.05, 3.63) is 58.9 Å². The molecule has 0 spiro atoms. The Bertz CT molecular complexity index is 980. The first-order chi connectivity index (χ1) is 16.4. The van der Waals surface area contributed by atoms with Crippen molar-refractivity contribution in [1.82, 2.24) is 10.6 Å². The number of amides is 1. The van der Waals surface area contributed by atoms with E-state index in [4.69, 9.17) is 0 Å². The van der Waals surface area contributed by atoms with Crippen LogP contribution in [-0.2, 0) is 11.2 Å². The summed E-state index contributed by atoms with van der Waals surface area (Å²) in [6.45, 7) is 10.0. The van der Waals surface area contributed by atoms with Gasteiger partial charge in [-0.3, -0.25) is 4.79 Å². The highest BCUT2D eigenvalue weighted by atomic mass is 19.1. The van der Waals surface area contributed by atoms with E-state index in [1.54, 1.807) is 6.07 Å². The van der Waals surface area contributed by atoms with Crippen LogP contribution in [0.1, 0.15) is 49.3 Å². The molecule has 0 aliphatic carbocycles. The minimum Gasteiger partial charge on any atom is -0.371 e. The quantitative estimate of drug-likeness (QED) is 0.560. The van der Waals surface area contributed by atoms with Gasteiger partial charge in [0.15, 0.2) is 0 Å². The van der Waals surface area contributed by atoms with Crippen molar-refractivity contribution >= 4 is 17.3 Å². The van der Waals surface area contributed by atoms with Gasteiger partial charge in [0.25, 0.3) is 0 Å². The van der Waals surface area contributed by atoms with Crippen molar-refractivity contribution in [1.29, 1.82) is 0 Å². The minimum absolute atomic E-state index is 0.0820. The Morgan fingerprint density at radius 2 is 1.94 bits per heavy atom. The predicted molar refractivity (Wildman–Crippen MR) is 138 cm³/mol. The molecule has 2 saturated heterocycles. The fraction of sp³-hybridized carbons (Fsp3) is 0.536. The van der Waals surface area contributed by atoms with Crippen LogP contribution in [-0.4, -0.2) is 44.2 Å². The molecule has 2 unspecified atom stereocenters. The van der Waals surface area contributed by atoms with E-state index in [2.05, 4.69) is 33.0 Å². The molecule has 0 aromatic heterocycles. The summed E-state index contributed by atoms with van der Waals surface area (Å²) in [7, 11) is 0. The lowest BCUT2D eigenvalue weighted by atomic mass is 9.94. The molecular formula is C28H39FN4O. The number of carbonyl (C=O) groups is 1. The number of hydrogen-bond donors (Lipinski definition) is 3. The van der Waals surface area contributed by atoms with E-state index in [-0.39, 0.29) is 17.6 Å². The Balaban J connectivity index is 1.31. The third-order valence-corrected chi connectivity index (χ3v) is 7.51. The molecule has 184 valence electrons. The fourth-order valence-corrected chi connectivity index (χ4v) is 5.17. The lowest BCUT2D eigenvalue weighted by Crippen LogP contribution is -2.51. The van der Waals surface area contributed by atoms with E-state index < -0.39 is 0 Å². The maximum atomic E-state index is 14.4. The van der Waals surface area contributed by atoms with E-state index in [9.17, 15) is 9.18 Å². The second-order valence-electron chi connectivity index (χ2n) is 10.1. The molecule has 4 rings (SSSR count). The smallest absolute Gasteiger partial charge is 0.227 e. The van der Waals surface area contributed by atoms with Crippen molar-refractivity contribution in [2.75, 3.05) is 36.4 Å². The second-order valence-corrected chi connectivity index (χ2v) is 10.1. The van der Waals surface area contributed by atoms with Crippen LogP contribution in [0.4, 0.5) is 15.8 Å². The predicted octanol–water partition coefficient (Wildman–Crippen LogP) is 4.57. The number of benzene rings is 2. The summed E-state index contributed by atoms with van der Waals surface area (Å²) in [6.07, 6.45) is 5.18. The van der Waals surface area contributed by atoms with Crippen molar-refractivity contribution in [3.63, 3.8) is 0 Å². The SMILES string of the molecule is Cc1ccc(F)c(CC(C)C(=O)Nc2cccc(N3CCC(NC4CCCNC4)CC3)c2)c1C. The zero-order valence-electron chi connectivity index (χ0n) is 20.8. The van der Waals surface area contributed by atoms with Gasteiger partial charge < -0.3 is 20.9 Å². The number of anilines is 2. The molecule has 1 amide bonds. The molecule has 0 saturated carbocycles. The van der Waals surface area contributed by atoms with E-state index in [0.717, 1.165) is 61.5 Å². The maximum absolute atomic E-state index is 14.4. The van der Waals surface area contributed by atoms with Gasteiger partial charge in [0.1, 0.15) is 5.82 Å². The second kappa shape index (κ2) is 11.3. The number of halogens is 1. The van der Waals surface area contributed by atoms with E-state index in [1.807, 2.05) is 32.9 Å². The maximum Gasteiger partial charge on any atom is 0.227 e. The molecule has 0 radical (unpaired) electrons. The number of carbonyl (C=O) groups excluding carboxylic acids is 1. The third-order valence-electron chi connectivity index (χ3n) is 7.51. The summed E-state index contributed by atoms with van der Waals surface area (Å²) >= 11 is 0. The van der Waals surface area contributed by atoms with Gasteiger partial charge in [0, 0.05) is 49.0 Å². The lowest BCUT2D eigenvalue weighted by molar-refractivity contribution is -0.119. The van der Waals surface area contributed by atoms with Crippen LogP contribution < -0.4 is 20.9 Å². The molecule has 2 aliphatic rings. The van der Waals surface area contributed by atoms with Gasteiger partial charge in [-0.15, -0.1) is 0 Å². The van der Waals surface area contributed by atoms with Crippen molar-refractivity contribution in [3.8, 4) is 0 Å². The van der Waals surface area contributed by atoms with Crippen LogP contribution in [0.5, 0.6) is 0 Å². The first kappa shape index (κ1) is 24.7. The normalized spacial score (nSPS) is 20.2. The number of hydrogen-bond acceptors (Lipinski definition) is 4. The highest BCUT2D eigenvalue weighted by Gasteiger charge is 2.23. The molecular weight excluding hydrogens is 427 g/mol. The largest absolute Gasteiger partial charge is 0.371 e. The Kier molecular flexibility index (Phi) is 8.22. The highest BCUT2D eigenvalue weighted by molar-refractivity contribution is 5.93. The summed E-state index contributed by atoms with van der Waals surface area (Å²) < 4.78 is 14.4. The summed E-state index contributed by atoms with van der Waals surface area (Å²) in [4.78, 5) is 15.3. The first-order valence-corrected chi connectivity index (χ1v) is 12.8. The number of aryl methyl sites for hydroxylation is 1. The minimum atomic E-state index is -0.324. The van der Waals surface area contributed by atoms with Gasteiger partial charge in [-0.05, 0) is 93.5 Å². The number of piperidine rings is 2. The van der Waals surface area contributed by atoms with Crippen LogP contribution in [0, 0.1) is 25.6 Å². The first-order valence-electron chi connectivity index (χ1n) is 12.8. The van der Waals surface area contributed by atoms with E-state index in [0.29, 0.717) is 24.1 Å². The monoisotopic (exact) mass is 466 g/mol.